The minimum atomic E-state index is 0.255. The molecule has 0 amide bonds. The molecule has 3 nitrogen and oxygen atoms in total. The smallest absolute Gasteiger partial charge is 0.115 e. The van der Waals surface area contributed by atoms with Crippen molar-refractivity contribution in [1.29, 1.82) is 0 Å². The first-order valence-corrected chi connectivity index (χ1v) is 13.8. The van der Waals surface area contributed by atoms with E-state index in [1.165, 1.54) is 11.1 Å². The largest absolute Gasteiger partial charge is 0.508 e. The Morgan fingerprint density at radius 3 is 1.15 bits per heavy atom. The standard InChI is InChI=1S/C38H32N2O/c1-28-8-6-12-36(26-28)39(32-10-4-3-5-11-32)33-18-14-30(15-19-33)31-16-20-34(21-17-31)40(35-22-24-38(41)25-23-35)37-13-7-9-29(2)27-37/h3-27,41H,1-2H3. The molecule has 200 valence electrons. The van der Waals surface area contributed by atoms with E-state index in [0.29, 0.717) is 0 Å². The average molecular weight is 533 g/mol. The maximum Gasteiger partial charge on any atom is 0.115 e. The predicted molar refractivity (Wildman–Crippen MR) is 172 cm³/mol. The summed E-state index contributed by atoms with van der Waals surface area (Å²) in [5.74, 6) is 0.255. The Labute approximate surface area is 242 Å². The van der Waals surface area contributed by atoms with Gasteiger partial charge in [-0.15, -0.1) is 0 Å². The number of nitrogens with zero attached hydrogens (tertiary/aromatic N) is 2. The van der Waals surface area contributed by atoms with Crippen molar-refractivity contribution in [2.24, 2.45) is 0 Å². The summed E-state index contributed by atoms with van der Waals surface area (Å²) in [5.41, 5.74) is 11.2. The van der Waals surface area contributed by atoms with E-state index >= 15 is 0 Å². The van der Waals surface area contributed by atoms with Crippen LogP contribution in [0.2, 0.25) is 0 Å². The third-order valence-electron chi connectivity index (χ3n) is 7.23. The van der Waals surface area contributed by atoms with Gasteiger partial charge in [0.15, 0.2) is 0 Å². The zero-order chi connectivity index (χ0) is 28.2. The van der Waals surface area contributed by atoms with Crippen LogP contribution >= 0.6 is 0 Å². The molecule has 0 aliphatic carbocycles. The van der Waals surface area contributed by atoms with E-state index in [0.717, 1.165) is 45.3 Å². The van der Waals surface area contributed by atoms with E-state index in [4.69, 9.17) is 0 Å². The monoisotopic (exact) mass is 532 g/mol. The lowest BCUT2D eigenvalue weighted by Crippen LogP contribution is -2.10. The second kappa shape index (κ2) is 11.4. The molecule has 6 aromatic carbocycles. The van der Waals surface area contributed by atoms with Gasteiger partial charge in [0.05, 0.1) is 0 Å². The Morgan fingerprint density at radius 1 is 0.366 bits per heavy atom. The zero-order valence-electron chi connectivity index (χ0n) is 23.3. The second-order valence-electron chi connectivity index (χ2n) is 10.3. The molecule has 6 rings (SSSR count). The van der Waals surface area contributed by atoms with Gasteiger partial charge in [-0.2, -0.15) is 0 Å². The topological polar surface area (TPSA) is 26.7 Å². The Bertz CT molecular complexity index is 1740. The van der Waals surface area contributed by atoms with Crippen molar-refractivity contribution in [1.82, 2.24) is 0 Å². The van der Waals surface area contributed by atoms with Crippen LogP contribution in [-0.4, -0.2) is 5.11 Å². The molecule has 41 heavy (non-hydrogen) atoms. The van der Waals surface area contributed by atoms with E-state index in [2.05, 4.69) is 145 Å². The molecule has 0 radical (unpaired) electrons. The van der Waals surface area contributed by atoms with Gasteiger partial charge in [-0.1, -0.05) is 66.7 Å². The molecule has 1 N–H and O–H groups in total. The molecule has 0 saturated carbocycles. The number of anilines is 6. The summed E-state index contributed by atoms with van der Waals surface area (Å²) in [6.07, 6.45) is 0. The number of hydrogen-bond acceptors (Lipinski definition) is 3. The van der Waals surface area contributed by atoms with Crippen molar-refractivity contribution in [3.63, 3.8) is 0 Å². The van der Waals surface area contributed by atoms with Crippen LogP contribution in [0.25, 0.3) is 11.1 Å². The van der Waals surface area contributed by atoms with Gasteiger partial charge >= 0.3 is 0 Å². The van der Waals surface area contributed by atoms with Gasteiger partial charge in [0.25, 0.3) is 0 Å². The molecule has 0 bridgehead atoms. The van der Waals surface area contributed by atoms with Crippen molar-refractivity contribution in [3.05, 3.63) is 163 Å². The van der Waals surface area contributed by atoms with Crippen LogP contribution in [0.15, 0.2) is 152 Å². The third kappa shape index (κ3) is 5.70. The van der Waals surface area contributed by atoms with Gasteiger partial charge in [0.1, 0.15) is 5.75 Å². The minimum Gasteiger partial charge on any atom is -0.508 e. The molecular weight excluding hydrogens is 500 g/mol. The summed E-state index contributed by atoms with van der Waals surface area (Å²) in [5, 5.41) is 9.86. The fraction of sp³-hybridized carbons (Fsp3) is 0.0526. The molecular formula is C38H32N2O. The lowest BCUT2D eigenvalue weighted by Gasteiger charge is -2.26. The normalized spacial score (nSPS) is 10.8. The van der Waals surface area contributed by atoms with Gasteiger partial charge < -0.3 is 14.9 Å². The highest BCUT2D eigenvalue weighted by Crippen LogP contribution is 2.38. The number of rotatable bonds is 7. The Kier molecular flexibility index (Phi) is 7.25. The van der Waals surface area contributed by atoms with E-state index in [1.54, 1.807) is 12.1 Å². The maximum atomic E-state index is 9.86. The number of hydrogen-bond donors (Lipinski definition) is 1. The van der Waals surface area contributed by atoms with Crippen LogP contribution in [0.1, 0.15) is 11.1 Å². The third-order valence-corrected chi connectivity index (χ3v) is 7.23. The summed E-state index contributed by atoms with van der Waals surface area (Å²) in [6, 6.07) is 52.3. The number of phenols is 1. The fourth-order valence-electron chi connectivity index (χ4n) is 5.21. The zero-order valence-corrected chi connectivity index (χ0v) is 23.3. The Morgan fingerprint density at radius 2 is 0.732 bits per heavy atom. The molecule has 0 aromatic heterocycles. The minimum absolute atomic E-state index is 0.255. The molecule has 0 atom stereocenters. The lowest BCUT2D eigenvalue weighted by atomic mass is 10.0. The van der Waals surface area contributed by atoms with E-state index < -0.39 is 0 Å². The van der Waals surface area contributed by atoms with Crippen molar-refractivity contribution in [2.75, 3.05) is 9.80 Å². The van der Waals surface area contributed by atoms with Crippen LogP contribution in [0.5, 0.6) is 5.75 Å². The summed E-state index contributed by atoms with van der Waals surface area (Å²) in [7, 11) is 0. The fourth-order valence-corrected chi connectivity index (χ4v) is 5.21. The van der Waals surface area contributed by atoms with Crippen molar-refractivity contribution >= 4 is 34.1 Å². The molecule has 0 heterocycles. The van der Waals surface area contributed by atoms with E-state index in [-0.39, 0.29) is 5.75 Å². The predicted octanol–water partition coefficient (Wildman–Crippen LogP) is 10.6. The van der Waals surface area contributed by atoms with Gasteiger partial charge in [-0.25, -0.2) is 0 Å². The Hall–Kier alpha value is -5.28. The first-order valence-electron chi connectivity index (χ1n) is 13.8. The number of para-hydroxylation sites is 1. The van der Waals surface area contributed by atoms with E-state index in [1.807, 2.05) is 18.2 Å². The number of benzene rings is 6. The molecule has 0 aliphatic heterocycles. The van der Waals surface area contributed by atoms with Crippen LogP contribution in [0.4, 0.5) is 34.1 Å². The lowest BCUT2D eigenvalue weighted by molar-refractivity contribution is 0.475. The number of aromatic hydroxyl groups is 1. The van der Waals surface area contributed by atoms with Crippen molar-refractivity contribution < 1.29 is 5.11 Å². The molecule has 3 heteroatoms. The summed E-state index contributed by atoms with van der Waals surface area (Å²) < 4.78 is 0. The van der Waals surface area contributed by atoms with Crippen LogP contribution < -0.4 is 9.80 Å². The SMILES string of the molecule is Cc1cccc(N(c2ccccc2)c2ccc(-c3ccc(N(c4ccc(O)cc4)c4cccc(C)c4)cc3)cc2)c1. The molecule has 0 aliphatic rings. The highest BCUT2D eigenvalue weighted by atomic mass is 16.3. The molecule has 0 unspecified atom stereocenters. The summed E-state index contributed by atoms with van der Waals surface area (Å²) >= 11 is 0. The van der Waals surface area contributed by atoms with Crippen molar-refractivity contribution in [2.45, 2.75) is 13.8 Å². The number of phenolic OH excluding ortho intramolecular Hbond substituents is 1. The second-order valence-corrected chi connectivity index (χ2v) is 10.3. The molecule has 0 saturated heterocycles. The van der Waals surface area contributed by atoms with Gasteiger partial charge in [-0.05, 0) is 121 Å². The van der Waals surface area contributed by atoms with Gasteiger partial charge in [0.2, 0.25) is 0 Å². The Balaban J connectivity index is 1.32. The van der Waals surface area contributed by atoms with Crippen LogP contribution in [0.3, 0.4) is 0 Å². The van der Waals surface area contributed by atoms with Crippen LogP contribution in [-0.2, 0) is 0 Å². The number of aryl methyl sites for hydroxylation is 2. The molecule has 6 aromatic rings. The first-order chi connectivity index (χ1) is 20.0. The highest BCUT2D eigenvalue weighted by molar-refractivity contribution is 5.81. The first kappa shape index (κ1) is 26.0. The van der Waals surface area contributed by atoms with Gasteiger partial charge in [0, 0.05) is 34.1 Å². The highest BCUT2D eigenvalue weighted by Gasteiger charge is 2.15. The summed E-state index contributed by atoms with van der Waals surface area (Å²) in [6.45, 7) is 4.23. The van der Waals surface area contributed by atoms with Gasteiger partial charge in [-0.3, -0.25) is 0 Å². The maximum absolute atomic E-state index is 9.86. The van der Waals surface area contributed by atoms with Crippen LogP contribution in [0, 0.1) is 13.8 Å². The molecule has 0 spiro atoms. The van der Waals surface area contributed by atoms with E-state index in [9.17, 15) is 5.11 Å². The average Bonchev–Trinajstić information content (AvgIpc) is 3.00. The summed E-state index contributed by atoms with van der Waals surface area (Å²) in [4.78, 5) is 4.50. The van der Waals surface area contributed by atoms with Crippen molar-refractivity contribution in [3.8, 4) is 16.9 Å². The quantitative estimate of drug-likeness (QED) is 0.221. The molecule has 0 fully saturated rings.